The number of carbonyl (C=O) groups is 1. The van der Waals surface area contributed by atoms with Gasteiger partial charge in [0.15, 0.2) is 5.16 Å². The molecule has 0 spiro atoms. The Morgan fingerprint density at radius 3 is 2.25 bits per heavy atom. The fourth-order valence-corrected chi connectivity index (χ4v) is 4.36. The number of nitrogens with zero attached hydrogens (tertiary/aromatic N) is 1. The van der Waals surface area contributed by atoms with Gasteiger partial charge in [-0.3, -0.25) is 4.79 Å². The molecule has 4 nitrogen and oxygen atoms in total. The van der Waals surface area contributed by atoms with Crippen LogP contribution in [-0.4, -0.2) is 21.6 Å². The fourth-order valence-electron chi connectivity index (χ4n) is 3.69. The Morgan fingerprint density at radius 1 is 0.938 bits per heavy atom. The van der Waals surface area contributed by atoms with E-state index in [1.54, 1.807) is 0 Å². The SMILES string of the molecule is Cc1cccc(C(C)C)c1NC(=O)CSc1nc(-c2ccccc2)c(-c2ccccc2)[nH]1. The van der Waals surface area contributed by atoms with Gasteiger partial charge in [0.05, 0.1) is 17.1 Å². The predicted molar refractivity (Wildman–Crippen MR) is 134 cm³/mol. The molecule has 162 valence electrons. The summed E-state index contributed by atoms with van der Waals surface area (Å²) in [6.45, 7) is 6.30. The van der Waals surface area contributed by atoms with Crippen LogP contribution in [0.25, 0.3) is 22.5 Å². The van der Waals surface area contributed by atoms with Crippen molar-refractivity contribution < 1.29 is 4.79 Å². The summed E-state index contributed by atoms with van der Waals surface area (Å²) >= 11 is 1.41. The van der Waals surface area contributed by atoms with E-state index in [0.717, 1.165) is 44.5 Å². The van der Waals surface area contributed by atoms with Crippen molar-refractivity contribution >= 4 is 23.4 Å². The molecule has 1 heterocycles. The number of nitrogens with one attached hydrogen (secondary N) is 2. The number of H-pyrrole nitrogens is 1. The topological polar surface area (TPSA) is 57.8 Å². The lowest BCUT2D eigenvalue weighted by molar-refractivity contribution is -0.113. The maximum Gasteiger partial charge on any atom is 0.234 e. The van der Waals surface area contributed by atoms with Gasteiger partial charge in [-0.1, -0.05) is 104 Å². The first-order valence-corrected chi connectivity index (χ1v) is 11.7. The summed E-state index contributed by atoms with van der Waals surface area (Å²) in [5.41, 5.74) is 7.10. The zero-order valence-electron chi connectivity index (χ0n) is 18.6. The van der Waals surface area contributed by atoms with Crippen molar-refractivity contribution in [1.82, 2.24) is 9.97 Å². The Labute approximate surface area is 193 Å². The average molecular weight is 442 g/mol. The Kier molecular flexibility index (Phi) is 6.76. The van der Waals surface area contributed by atoms with E-state index in [4.69, 9.17) is 4.98 Å². The number of rotatable bonds is 7. The molecular formula is C27H27N3OS. The van der Waals surface area contributed by atoms with Gasteiger partial charge in [-0.25, -0.2) is 4.98 Å². The van der Waals surface area contributed by atoms with Crippen molar-refractivity contribution in [2.24, 2.45) is 0 Å². The summed E-state index contributed by atoms with van der Waals surface area (Å²) in [5.74, 6) is 0.580. The van der Waals surface area contributed by atoms with Gasteiger partial charge in [0.2, 0.25) is 5.91 Å². The molecule has 5 heteroatoms. The summed E-state index contributed by atoms with van der Waals surface area (Å²) < 4.78 is 0. The molecule has 0 aliphatic heterocycles. The first kappa shape index (κ1) is 21.9. The van der Waals surface area contributed by atoms with Crippen LogP contribution in [0.5, 0.6) is 0 Å². The quantitative estimate of drug-likeness (QED) is 0.307. The first-order chi connectivity index (χ1) is 15.5. The lowest BCUT2D eigenvalue weighted by Crippen LogP contribution is -2.16. The Bertz CT molecular complexity index is 1140. The van der Waals surface area contributed by atoms with Crippen LogP contribution in [0.1, 0.15) is 30.9 Å². The molecule has 0 saturated carbocycles. The second-order valence-corrected chi connectivity index (χ2v) is 8.99. The summed E-state index contributed by atoms with van der Waals surface area (Å²) in [4.78, 5) is 21.0. The second-order valence-electron chi connectivity index (χ2n) is 8.03. The molecule has 2 N–H and O–H groups in total. The number of thioether (sulfide) groups is 1. The van der Waals surface area contributed by atoms with Crippen LogP contribution in [0.2, 0.25) is 0 Å². The van der Waals surface area contributed by atoms with Crippen LogP contribution in [0.15, 0.2) is 84.0 Å². The number of hydrogen-bond acceptors (Lipinski definition) is 3. The van der Waals surface area contributed by atoms with Gasteiger partial charge >= 0.3 is 0 Å². The lowest BCUT2D eigenvalue weighted by Gasteiger charge is -2.16. The van der Waals surface area contributed by atoms with Gasteiger partial charge in [0.1, 0.15) is 0 Å². The van der Waals surface area contributed by atoms with E-state index in [-0.39, 0.29) is 11.7 Å². The molecule has 4 aromatic rings. The van der Waals surface area contributed by atoms with Crippen molar-refractivity contribution in [1.29, 1.82) is 0 Å². The van der Waals surface area contributed by atoms with Gasteiger partial charge in [-0.15, -0.1) is 0 Å². The largest absolute Gasteiger partial charge is 0.332 e. The summed E-state index contributed by atoms with van der Waals surface area (Å²) in [5, 5.41) is 3.84. The molecule has 4 rings (SSSR count). The predicted octanol–water partition coefficient (Wildman–Crippen LogP) is 6.91. The number of benzene rings is 3. The first-order valence-electron chi connectivity index (χ1n) is 10.8. The van der Waals surface area contributed by atoms with E-state index in [1.165, 1.54) is 11.8 Å². The molecule has 1 aromatic heterocycles. The number of para-hydroxylation sites is 1. The van der Waals surface area contributed by atoms with Gasteiger partial charge in [0, 0.05) is 16.8 Å². The molecule has 32 heavy (non-hydrogen) atoms. The highest BCUT2D eigenvalue weighted by atomic mass is 32.2. The zero-order chi connectivity index (χ0) is 22.5. The fraction of sp³-hybridized carbons (Fsp3) is 0.185. The molecule has 0 bridgehead atoms. The van der Waals surface area contributed by atoms with Gasteiger partial charge in [-0.05, 0) is 24.0 Å². The molecule has 0 unspecified atom stereocenters. The maximum absolute atomic E-state index is 12.8. The maximum atomic E-state index is 12.8. The number of hydrogen-bond donors (Lipinski definition) is 2. The van der Waals surface area contributed by atoms with Gasteiger partial charge in [0.25, 0.3) is 0 Å². The van der Waals surface area contributed by atoms with Crippen molar-refractivity contribution in [2.75, 3.05) is 11.1 Å². The Morgan fingerprint density at radius 2 is 1.59 bits per heavy atom. The van der Waals surface area contributed by atoms with Crippen LogP contribution in [0.4, 0.5) is 5.69 Å². The number of aromatic nitrogens is 2. The molecule has 0 radical (unpaired) electrons. The normalized spacial score (nSPS) is 11.0. The van der Waals surface area contributed by atoms with Crippen LogP contribution in [0, 0.1) is 6.92 Å². The summed E-state index contributed by atoms with van der Waals surface area (Å²) in [6, 6.07) is 26.4. The van der Waals surface area contributed by atoms with E-state index in [2.05, 4.69) is 54.5 Å². The number of imidazole rings is 1. The summed E-state index contributed by atoms with van der Waals surface area (Å²) in [6.07, 6.45) is 0. The molecule has 1 amide bonds. The second kappa shape index (κ2) is 9.88. The highest BCUT2D eigenvalue weighted by Gasteiger charge is 2.16. The highest BCUT2D eigenvalue weighted by molar-refractivity contribution is 7.99. The van der Waals surface area contributed by atoms with Crippen molar-refractivity contribution in [3.63, 3.8) is 0 Å². The minimum absolute atomic E-state index is 0.0369. The minimum Gasteiger partial charge on any atom is -0.332 e. The van der Waals surface area contributed by atoms with Crippen molar-refractivity contribution in [3.05, 3.63) is 90.0 Å². The molecule has 0 fully saturated rings. The van der Waals surface area contributed by atoms with Gasteiger partial charge in [-0.2, -0.15) is 0 Å². The monoisotopic (exact) mass is 441 g/mol. The van der Waals surface area contributed by atoms with Crippen LogP contribution in [-0.2, 0) is 4.79 Å². The number of amides is 1. The third-order valence-corrected chi connectivity index (χ3v) is 6.20. The Hall–Kier alpha value is -3.31. The molecule has 0 aliphatic rings. The average Bonchev–Trinajstić information content (AvgIpc) is 3.24. The van der Waals surface area contributed by atoms with E-state index >= 15 is 0 Å². The smallest absolute Gasteiger partial charge is 0.234 e. The van der Waals surface area contributed by atoms with E-state index in [0.29, 0.717) is 5.92 Å². The van der Waals surface area contributed by atoms with Crippen molar-refractivity contribution in [2.45, 2.75) is 31.8 Å². The molecular weight excluding hydrogens is 414 g/mol. The van der Waals surface area contributed by atoms with E-state index in [1.807, 2.05) is 55.5 Å². The highest BCUT2D eigenvalue weighted by Crippen LogP contribution is 2.33. The van der Waals surface area contributed by atoms with Crippen LogP contribution >= 0.6 is 11.8 Å². The molecule has 0 aliphatic carbocycles. The molecule has 3 aromatic carbocycles. The van der Waals surface area contributed by atoms with Crippen LogP contribution in [0.3, 0.4) is 0 Å². The van der Waals surface area contributed by atoms with E-state index < -0.39 is 0 Å². The van der Waals surface area contributed by atoms with E-state index in [9.17, 15) is 4.79 Å². The lowest BCUT2D eigenvalue weighted by atomic mass is 9.98. The summed E-state index contributed by atoms with van der Waals surface area (Å²) in [7, 11) is 0. The molecule has 0 atom stereocenters. The Balaban J connectivity index is 1.55. The van der Waals surface area contributed by atoms with Crippen LogP contribution < -0.4 is 5.32 Å². The third kappa shape index (κ3) is 4.94. The number of aromatic amines is 1. The van der Waals surface area contributed by atoms with Gasteiger partial charge < -0.3 is 10.3 Å². The number of anilines is 1. The number of aryl methyl sites for hydroxylation is 1. The minimum atomic E-state index is -0.0369. The third-order valence-electron chi connectivity index (χ3n) is 5.32. The standard InChI is InChI=1S/C27H27N3OS/c1-18(2)22-16-10-11-19(3)24(22)28-23(31)17-32-27-29-25(20-12-6-4-7-13-20)26(30-27)21-14-8-5-9-15-21/h4-16,18H,17H2,1-3H3,(H,28,31)(H,29,30). The van der Waals surface area contributed by atoms with Crippen molar-refractivity contribution in [3.8, 4) is 22.5 Å². The zero-order valence-corrected chi connectivity index (χ0v) is 19.4. The molecule has 0 saturated heterocycles. The number of carbonyl (C=O) groups excluding carboxylic acids is 1.